The van der Waals surface area contributed by atoms with Crippen LogP contribution in [-0.4, -0.2) is 5.97 Å². The van der Waals surface area contributed by atoms with E-state index in [1.807, 2.05) is 20.8 Å². The van der Waals surface area contributed by atoms with Crippen LogP contribution in [-0.2, 0) is 10.2 Å². The second-order valence-corrected chi connectivity index (χ2v) is 5.98. The summed E-state index contributed by atoms with van der Waals surface area (Å²) in [5.74, 6) is 2.05. The molecule has 0 saturated carbocycles. The van der Waals surface area contributed by atoms with Gasteiger partial charge in [-0.25, -0.2) is 4.39 Å². The lowest BCUT2D eigenvalue weighted by Gasteiger charge is -2.23. The van der Waals surface area contributed by atoms with E-state index in [4.69, 9.17) is 11.2 Å². The number of carbonyl (C=O) groups is 1. The van der Waals surface area contributed by atoms with Gasteiger partial charge in [-0.05, 0) is 34.6 Å². The Morgan fingerprint density at radius 3 is 2.48 bits per heavy atom. The molecule has 0 saturated heterocycles. The minimum Gasteiger partial charge on any atom is -0.427 e. The summed E-state index contributed by atoms with van der Waals surface area (Å²) >= 11 is 0. The lowest BCUT2D eigenvalue weighted by atomic mass is 9.82. The molecule has 0 radical (unpaired) electrons. The van der Waals surface area contributed by atoms with Crippen LogP contribution in [0.25, 0.3) is 10.8 Å². The van der Waals surface area contributed by atoms with Gasteiger partial charge in [0.25, 0.3) is 0 Å². The highest BCUT2D eigenvalue weighted by Gasteiger charge is 2.21. The van der Waals surface area contributed by atoms with E-state index in [-0.39, 0.29) is 11.0 Å². The molecule has 21 heavy (non-hydrogen) atoms. The molecule has 2 aromatic rings. The van der Waals surface area contributed by atoms with Gasteiger partial charge in [0.05, 0.1) is 5.56 Å². The molecule has 108 valence electrons. The Morgan fingerprint density at radius 1 is 1.29 bits per heavy atom. The van der Waals surface area contributed by atoms with Crippen LogP contribution in [0.15, 0.2) is 24.3 Å². The lowest BCUT2D eigenvalue weighted by molar-refractivity contribution is -0.131. The summed E-state index contributed by atoms with van der Waals surface area (Å²) in [6, 6.07) is 6.44. The number of halogens is 1. The minimum absolute atomic E-state index is 0.242. The molecule has 0 aliphatic rings. The minimum atomic E-state index is -0.421. The molecular formula is C18H17FO2. The van der Waals surface area contributed by atoms with Crippen LogP contribution in [0.5, 0.6) is 5.75 Å². The van der Waals surface area contributed by atoms with E-state index in [0.717, 1.165) is 10.9 Å². The standard InChI is InChI=1S/C18H17FO2/c1-6-14-16(19)8-7-12-9-13(21-11(2)20)10-15(17(12)14)18(3,4)5/h1,7-10H,2-5H3. The molecule has 0 bridgehead atoms. The molecule has 0 aliphatic carbocycles. The molecule has 0 heterocycles. The third-order valence-electron chi connectivity index (χ3n) is 3.25. The average Bonchev–Trinajstić information content (AvgIpc) is 2.36. The van der Waals surface area contributed by atoms with E-state index >= 15 is 0 Å². The first kappa shape index (κ1) is 15.1. The third-order valence-corrected chi connectivity index (χ3v) is 3.25. The number of esters is 1. The van der Waals surface area contributed by atoms with E-state index < -0.39 is 11.8 Å². The van der Waals surface area contributed by atoms with Crippen LogP contribution < -0.4 is 4.74 Å². The monoisotopic (exact) mass is 284 g/mol. The first-order valence-electron chi connectivity index (χ1n) is 6.66. The molecule has 0 fully saturated rings. The van der Waals surface area contributed by atoms with Gasteiger partial charge in [-0.2, -0.15) is 0 Å². The second kappa shape index (κ2) is 5.21. The molecule has 0 N–H and O–H groups in total. The van der Waals surface area contributed by atoms with E-state index in [2.05, 4.69) is 5.92 Å². The van der Waals surface area contributed by atoms with Gasteiger partial charge in [-0.1, -0.05) is 32.8 Å². The summed E-state index contributed by atoms with van der Waals surface area (Å²) < 4.78 is 19.1. The van der Waals surface area contributed by atoms with Gasteiger partial charge in [-0.15, -0.1) is 6.42 Å². The molecule has 0 amide bonds. The lowest BCUT2D eigenvalue weighted by Crippen LogP contribution is -2.13. The highest BCUT2D eigenvalue weighted by atomic mass is 19.1. The number of fused-ring (bicyclic) bond motifs is 1. The summed E-state index contributed by atoms with van der Waals surface area (Å²) in [5.41, 5.74) is 0.823. The molecule has 0 spiro atoms. The molecule has 0 aromatic heterocycles. The van der Waals surface area contributed by atoms with Crippen LogP contribution in [0.2, 0.25) is 0 Å². The van der Waals surface area contributed by atoms with Crippen LogP contribution in [0.1, 0.15) is 38.8 Å². The smallest absolute Gasteiger partial charge is 0.308 e. The van der Waals surface area contributed by atoms with Gasteiger partial charge < -0.3 is 4.74 Å². The summed E-state index contributed by atoms with van der Waals surface area (Å²) in [6.45, 7) is 7.36. The largest absolute Gasteiger partial charge is 0.427 e. The van der Waals surface area contributed by atoms with Crippen LogP contribution >= 0.6 is 0 Å². The Labute approximate surface area is 123 Å². The van der Waals surface area contributed by atoms with Crippen molar-refractivity contribution in [2.45, 2.75) is 33.1 Å². The number of hydrogen-bond acceptors (Lipinski definition) is 2. The van der Waals surface area contributed by atoms with Gasteiger partial charge in [0.15, 0.2) is 0 Å². The van der Waals surface area contributed by atoms with Crippen LogP contribution in [0.4, 0.5) is 4.39 Å². The molecule has 0 aliphatic heterocycles. The first-order valence-corrected chi connectivity index (χ1v) is 6.66. The number of benzene rings is 2. The van der Waals surface area contributed by atoms with Crippen molar-refractivity contribution in [2.75, 3.05) is 0 Å². The van der Waals surface area contributed by atoms with E-state index in [1.54, 1.807) is 18.2 Å². The van der Waals surface area contributed by atoms with Gasteiger partial charge >= 0.3 is 5.97 Å². The normalized spacial score (nSPS) is 11.2. The number of carbonyl (C=O) groups excluding carboxylic acids is 1. The number of terminal acetylenes is 1. The Balaban J connectivity index is 2.89. The van der Waals surface area contributed by atoms with Gasteiger partial charge in [0, 0.05) is 12.3 Å². The maximum Gasteiger partial charge on any atom is 0.308 e. The highest BCUT2D eigenvalue weighted by Crippen LogP contribution is 2.36. The number of rotatable bonds is 1. The van der Waals surface area contributed by atoms with Crippen molar-refractivity contribution in [3.63, 3.8) is 0 Å². The Kier molecular flexibility index (Phi) is 3.74. The van der Waals surface area contributed by atoms with Crippen molar-refractivity contribution < 1.29 is 13.9 Å². The third kappa shape index (κ3) is 2.90. The number of hydrogen-bond donors (Lipinski definition) is 0. The first-order chi connectivity index (χ1) is 9.74. The summed E-state index contributed by atoms with van der Waals surface area (Å²) in [5, 5.41) is 1.45. The Morgan fingerprint density at radius 2 is 1.95 bits per heavy atom. The van der Waals surface area contributed by atoms with Gasteiger partial charge in [-0.3, -0.25) is 4.79 Å². The van der Waals surface area contributed by atoms with E-state index in [1.165, 1.54) is 13.0 Å². The molecule has 3 heteroatoms. The van der Waals surface area contributed by atoms with Crippen molar-refractivity contribution in [2.24, 2.45) is 0 Å². The zero-order valence-electron chi connectivity index (χ0n) is 12.6. The molecule has 2 nitrogen and oxygen atoms in total. The topological polar surface area (TPSA) is 26.3 Å². The van der Waals surface area contributed by atoms with Crippen molar-refractivity contribution in [3.8, 4) is 18.1 Å². The average molecular weight is 284 g/mol. The molecule has 2 rings (SSSR count). The maximum atomic E-state index is 14.0. The Bertz CT molecular complexity index is 761. The summed E-state index contributed by atoms with van der Waals surface area (Å²) in [7, 11) is 0. The molecule has 0 unspecified atom stereocenters. The second-order valence-electron chi connectivity index (χ2n) is 5.98. The van der Waals surface area contributed by atoms with Crippen LogP contribution in [0, 0.1) is 18.2 Å². The molecule has 2 aromatic carbocycles. The fraction of sp³-hybridized carbons (Fsp3) is 0.278. The van der Waals surface area contributed by atoms with Gasteiger partial charge in [0.1, 0.15) is 11.6 Å². The Hall–Kier alpha value is -2.34. The van der Waals surface area contributed by atoms with Gasteiger partial charge in [0.2, 0.25) is 0 Å². The predicted molar refractivity (Wildman–Crippen MR) is 81.9 cm³/mol. The van der Waals surface area contributed by atoms with E-state index in [0.29, 0.717) is 11.1 Å². The molecule has 0 atom stereocenters. The van der Waals surface area contributed by atoms with Crippen molar-refractivity contribution >= 4 is 16.7 Å². The number of ether oxygens (including phenoxy) is 1. The summed E-state index contributed by atoms with van der Waals surface area (Å²) in [6.07, 6.45) is 5.47. The maximum absolute atomic E-state index is 14.0. The van der Waals surface area contributed by atoms with Crippen molar-refractivity contribution in [1.82, 2.24) is 0 Å². The summed E-state index contributed by atoms with van der Waals surface area (Å²) in [4.78, 5) is 11.2. The van der Waals surface area contributed by atoms with Crippen molar-refractivity contribution in [1.29, 1.82) is 0 Å². The predicted octanol–water partition coefficient (Wildman–Crippen LogP) is 4.18. The van der Waals surface area contributed by atoms with Crippen LogP contribution in [0.3, 0.4) is 0 Å². The SMILES string of the molecule is C#Cc1c(F)ccc2cc(OC(C)=O)cc(C(C)(C)C)c12. The zero-order chi connectivity index (χ0) is 15.8. The highest BCUT2D eigenvalue weighted by molar-refractivity contribution is 5.93. The zero-order valence-corrected chi connectivity index (χ0v) is 12.6. The molecular weight excluding hydrogens is 267 g/mol. The fourth-order valence-corrected chi connectivity index (χ4v) is 2.37. The quantitative estimate of drug-likeness (QED) is 0.446. The van der Waals surface area contributed by atoms with E-state index in [9.17, 15) is 9.18 Å². The van der Waals surface area contributed by atoms with Crippen molar-refractivity contribution in [3.05, 3.63) is 41.2 Å². The fourth-order valence-electron chi connectivity index (χ4n) is 2.37.